The van der Waals surface area contributed by atoms with Gasteiger partial charge >= 0.3 is 0 Å². The minimum atomic E-state index is 0.940. The van der Waals surface area contributed by atoms with Gasteiger partial charge in [-0.3, -0.25) is 0 Å². The molecule has 0 heteroatoms. The third kappa shape index (κ3) is 25.4. The van der Waals surface area contributed by atoms with E-state index >= 15 is 0 Å². The van der Waals surface area contributed by atoms with Gasteiger partial charge in [0.15, 0.2) is 0 Å². The minimum Gasteiger partial charge on any atom is -0.0885 e. The van der Waals surface area contributed by atoms with Crippen LogP contribution in [0.2, 0.25) is 0 Å². The smallest absolute Gasteiger partial charge is 0.0351 e. The van der Waals surface area contributed by atoms with Crippen molar-refractivity contribution in [1.82, 2.24) is 0 Å². The van der Waals surface area contributed by atoms with E-state index in [2.05, 4.69) is 57.2 Å². The Morgan fingerprint density at radius 3 is 0.871 bits per heavy atom. The van der Waals surface area contributed by atoms with Crippen LogP contribution in [0.1, 0.15) is 156 Å². The van der Waals surface area contributed by atoms with Crippen molar-refractivity contribution >= 4 is 0 Å². The average Bonchev–Trinajstić information content (AvgIpc) is 2.78. The first-order valence-electron chi connectivity index (χ1n) is 14.3. The summed E-state index contributed by atoms with van der Waals surface area (Å²) in [6.07, 6.45) is 43.0. The highest BCUT2D eigenvalue weighted by Gasteiger charge is 2.07. The van der Waals surface area contributed by atoms with Crippen molar-refractivity contribution in [2.45, 2.75) is 156 Å². The lowest BCUT2D eigenvalue weighted by Crippen LogP contribution is -2.01. The molecule has 0 fully saturated rings. The molecule has 0 aliphatic carbocycles. The van der Waals surface area contributed by atoms with Gasteiger partial charge in [-0.2, -0.15) is 0 Å². The summed E-state index contributed by atoms with van der Waals surface area (Å²) in [7, 11) is 0. The fourth-order valence-electron chi connectivity index (χ4n) is 4.25. The van der Waals surface area contributed by atoms with Crippen LogP contribution in [0.4, 0.5) is 0 Å². The molecule has 0 aromatic rings. The summed E-state index contributed by atoms with van der Waals surface area (Å²) < 4.78 is 0. The highest BCUT2D eigenvalue weighted by molar-refractivity contribution is 4.84. The summed E-state index contributed by atoms with van der Waals surface area (Å²) in [5.41, 5.74) is 0. The van der Waals surface area contributed by atoms with Crippen molar-refractivity contribution in [3.63, 3.8) is 0 Å². The lowest BCUT2D eigenvalue weighted by molar-refractivity contribution is 0.391. The zero-order chi connectivity index (χ0) is 22.7. The number of rotatable bonds is 24. The maximum absolute atomic E-state index is 2.45. The van der Waals surface area contributed by atoms with Gasteiger partial charge in [-0.25, -0.2) is 0 Å². The van der Waals surface area contributed by atoms with E-state index in [1.54, 1.807) is 0 Å². The molecular weight excluding hydrogens is 372 g/mol. The number of hydrogen-bond donors (Lipinski definition) is 0. The second-order valence-corrected chi connectivity index (χ2v) is 9.56. The maximum Gasteiger partial charge on any atom is -0.0351 e. The van der Waals surface area contributed by atoms with Crippen molar-refractivity contribution in [2.24, 2.45) is 5.92 Å². The molecule has 0 saturated heterocycles. The SMILES string of the molecule is CCCCC/C=C\CCCC(CCC/C=C\CCCCC)CCC/C=C/CCCCC. The standard InChI is InChI=1S/C31H58/c1-4-7-10-13-16-19-22-25-28-31(29-26-23-20-17-14-11-8-5-2)30-27-24-21-18-15-12-9-6-3/h16-21,31H,4-15,22-30H2,1-3H3/b19-16-,20-17-,21-18+. The molecule has 0 unspecified atom stereocenters. The first kappa shape index (κ1) is 30.2. The van der Waals surface area contributed by atoms with Crippen LogP contribution in [-0.2, 0) is 0 Å². The van der Waals surface area contributed by atoms with Gasteiger partial charge in [0.05, 0.1) is 0 Å². The fraction of sp³-hybridized carbons (Fsp3) is 0.806. The van der Waals surface area contributed by atoms with Gasteiger partial charge in [0.25, 0.3) is 0 Å². The fourth-order valence-corrected chi connectivity index (χ4v) is 4.25. The summed E-state index contributed by atoms with van der Waals surface area (Å²) in [5.74, 6) is 0.940. The molecule has 0 atom stereocenters. The van der Waals surface area contributed by atoms with Crippen molar-refractivity contribution < 1.29 is 0 Å². The van der Waals surface area contributed by atoms with Gasteiger partial charge in [0.2, 0.25) is 0 Å². The van der Waals surface area contributed by atoms with Crippen LogP contribution in [0.25, 0.3) is 0 Å². The second kappa shape index (κ2) is 27.3. The van der Waals surface area contributed by atoms with E-state index in [1.165, 1.54) is 135 Å². The molecule has 0 radical (unpaired) electrons. The van der Waals surface area contributed by atoms with Gasteiger partial charge in [-0.15, -0.1) is 0 Å². The molecule has 0 aliphatic rings. The molecule has 0 aliphatic heterocycles. The minimum absolute atomic E-state index is 0.940. The van der Waals surface area contributed by atoms with E-state index in [4.69, 9.17) is 0 Å². The number of allylic oxidation sites excluding steroid dienone is 6. The molecule has 0 amide bonds. The zero-order valence-corrected chi connectivity index (χ0v) is 21.9. The van der Waals surface area contributed by atoms with Crippen LogP contribution in [0.15, 0.2) is 36.5 Å². The van der Waals surface area contributed by atoms with Crippen LogP contribution < -0.4 is 0 Å². The highest BCUT2D eigenvalue weighted by atomic mass is 14.1. The van der Waals surface area contributed by atoms with Gasteiger partial charge in [-0.1, -0.05) is 115 Å². The summed E-state index contributed by atoms with van der Waals surface area (Å²) in [6.45, 7) is 6.86. The summed E-state index contributed by atoms with van der Waals surface area (Å²) in [4.78, 5) is 0. The van der Waals surface area contributed by atoms with Gasteiger partial charge in [0, 0.05) is 0 Å². The van der Waals surface area contributed by atoms with Crippen molar-refractivity contribution in [1.29, 1.82) is 0 Å². The van der Waals surface area contributed by atoms with E-state index in [0.717, 1.165) is 5.92 Å². The third-order valence-corrected chi connectivity index (χ3v) is 6.37. The molecule has 0 heterocycles. The normalized spacial score (nSPS) is 12.4. The molecule has 182 valence electrons. The van der Waals surface area contributed by atoms with E-state index in [0.29, 0.717) is 0 Å². The second-order valence-electron chi connectivity index (χ2n) is 9.56. The largest absolute Gasteiger partial charge is 0.0885 e. The maximum atomic E-state index is 2.45. The molecule has 0 saturated carbocycles. The Morgan fingerprint density at radius 1 is 0.355 bits per heavy atom. The van der Waals surface area contributed by atoms with Crippen LogP contribution in [0.3, 0.4) is 0 Å². The quantitative estimate of drug-likeness (QED) is 0.105. The molecule has 0 aromatic heterocycles. The predicted octanol–water partition coefficient (Wildman–Crippen LogP) is 11.5. The van der Waals surface area contributed by atoms with Crippen LogP contribution >= 0.6 is 0 Å². The first-order valence-corrected chi connectivity index (χ1v) is 14.3. The molecule has 31 heavy (non-hydrogen) atoms. The Labute approximate surface area is 198 Å². The van der Waals surface area contributed by atoms with Gasteiger partial charge in [-0.05, 0) is 83.0 Å². The van der Waals surface area contributed by atoms with Crippen LogP contribution in [0, 0.1) is 5.92 Å². The van der Waals surface area contributed by atoms with E-state index in [9.17, 15) is 0 Å². The Bertz CT molecular complexity index is 338. The van der Waals surface area contributed by atoms with Crippen molar-refractivity contribution in [3.8, 4) is 0 Å². The van der Waals surface area contributed by atoms with Crippen molar-refractivity contribution in [2.75, 3.05) is 0 Å². The Hall–Kier alpha value is -0.780. The first-order chi connectivity index (χ1) is 15.3. The Morgan fingerprint density at radius 2 is 0.613 bits per heavy atom. The molecule has 0 nitrogen and oxygen atoms in total. The molecule has 0 aromatic carbocycles. The van der Waals surface area contributed by atoms with E-state index < -0.39 is 0 Å². The topological polar surface area (TPSA) is 0 Å². The summed E-state index contributed by atoms with van der Waals surface area (Å²) in [6, 6.07) is 0. The van der Waals surface area contributed by atoms with Crippen LogP contribution in [-0.4, -0.2) is 0 Å². The lowest BCUT2D eigenvalue weighted by atomic mass is 9.90. The Kier molecular flexibility index (Phi) is 26.6. The van der Waals surface area contributed by atoms with E-state index in [-0.39, 0.29) is 0 Å². The average molecular weight is 431 g/mol. The lowest BCUT2D eigenvalue weighted by Gasteiger charge is -2.16. The van der Waals surface area contributed by atoms with E-state index in [1.807, 2.05) is 0 Å². The van der Waals surface area contributed by atoms with Crippen LogP contribution in [0.5, 0.6) is 0 Å². The highest BCUT2D eigenvalue weighted by Crippen LogP contribution is 2.23. The molecule has 0 bridgehead atoms. The number of unbranched alkanes of at least 4 members (excludes halogenated alkanes) is 12. The summed E-state index contributed by atoms with van der Waals surface area (Å²) in [5, 5.41) is 0. The molecular formula is C31H58. The van der Waals surface area contributed by atoms with Crippen molar-refractivity contribution in [3.05, 3.63) is 36.5 Å². The molecule has 0 rings (SSSR count). The van der Waals surface area contributed by atoms with Gasteiger partial charge in [0.1, 0.15) is 0 Å². The monoisotopic (exact) mass is 430 g/mol. The van der Waals surface area contributed by atoms with Gasteiger partial charge < -0.3 is 0 Å². The molecule has 0 N–H and O–H groups in total. The molecule has 0 spiro atoms. The number of hydrogen-bond acceptors (Lipinski definition) is 0. The Balaban J connectivity index is 4.05. The third-order valence-electron chi connectivity index (χ3n) is 6.37. The predicted molar refractivity (Wildman–Crippen MR) is 145 cm³/mol. The zero-order valence-electron chi connectivity index (χ0n) is 21.9. The summed E-state index contributed by atoms with van der Waals surface area (Å²) >= 11 is 0.